The van der Waals surface area contributed by atoms with E-state index in [1.165, 1.54) is 22.0 Å². The Labute approximate surface area is 157 Å². The zero-order valence-corrected chi connectivity index (χ0v) is 15.7. The maximum Gasteiger partial charge on any atom is 0.272 e. The lowest BCUT2D eigenvalue weighted by Crippen LogP contribution is -2.22. The van der Waals surface area contributed by atoms with E-state index in [2.05, 4.69) is 10.2 Å². The summed E-state index contributed by atoms with van der Waals surface area (Å²) in [7, 11) is 3.54. The van der Waals surface area contributed by atoms with Crippen LogP contribution in [0.15, 0.2) is 34.4 Å². The van der Waals surface area contributed by atoms with Gasteiger partial charge in [-0.05, 0) is 30.6 Å². The van der Waals surface area contributed by atoms with Crippen LogP contribution in [-0.4, -0.2) is 31.1 Å². The van der Waals surface area contributed by atoms with Crippen molar-refractivity contribution in [2.45, 2.75) is 13.1 Å². The predicted octanol–water partition coefficient (Wildman–Crippen LogP) is 3.07. The monoisotopic (exact) mass is 391 g/mol. The number of thiophene rings is 1. The van der Waals surface area contributed by atoms with E-state index in [0.29, 0.717) is 40.0 Å². The number of aromatic nitrogens is 4. The van der Waals surface area contributed by atoms with Gasteiger partial charge in [-0.15, -0.1) is 21.5 Å². The maximum absolute atomic E-state index is 14.0. The highest BCUT2D eigenvalue weighted by molar-refractivity contribution is 7.17. The highest BCUT2D eigenvalue weighted by Crippen LogP contribution is 2.22. The normalized spacial score (nSPS) is 11.9. The Hall–Kier alpha value is -2.29. The van der Waals surface area contributed by atoms with Crippen molar-refractivity contribution in [2.24, 2.45) is 7.05 Å². The molecule has 4 aromatic rings. The minimum absolute atomic E-state index is 0.0899. The van der Waals surface area contributed by atoms with Gasteiger partial charge < -0.3 is 0 Å². The molecule has 0 aliphatic carbocycles. The largest absolute Gasteiger partial charge is 0.295 e. The Kier molecular flexibility index (Phi) is 4.26. The van der Waals surface area contributed by atoms with E-state index in [4.69, 9.17) is 11.6 Å². The number of hydrogen-bond acceptors (Lipinski definition) is 5. The summed E-state index contributed by atoms with van der Waals surface area (Å²) in [6.07, 6.45) is 0. The lowest BCUT2D eigenvalue weighted by atomic mass is 10.2. The van der Waals surface area contributed by atoms with Gasteiger partial charge in [-0.3, -0.25) is 18.7 Å². The molecule has 0 N–H and O–H groups in total. The van der Waals surface area contributed by atoms with E-state index >= 15 is 0 Å². The summed E-state index contributed by atoms with van der Waals surface area (Å²) in [5.74, 6) is 0.820. The number of rotatable bonds is 4. The number of nitrogens with zero attached hydrogens (tertiary/aromatic N) is 5. The molecule has 0 aliphatic heterocycles. The Bertz CT molecular complexity index is 1160. The Morgan fingerprint density at radius 2 is 2.08 bits per heavy atom. The van der Waals surface area contributed by atoms with Crippen molar-refractivity contribution >= 4 is 38.9 Å². The molecular weight excluding hydrogens is 377 g/mol. The molecule has 3 heterocycles. The maximum atomic E-state index is 14.0. The SMILES string of the molecule is CN(Cc1c(F)cccc1Cl)Cc1nnc2n(C)c(=O)c3sccc3n12. The molecule has 0 atom stereocenters. The van der Waals surface area contributed by atoms with E-state index in [-0.39, 0.29) is 11.4 Å². The van der Waals surface area contributed by atoms with Crippen LogP contribution in [0.4, 0.5) is 4.39 Å². The highest BCUT2D eigenvalue weighted by Gasteiger charge is 2.17. The number of halogens is 2. The Morgan fingerprint density at radius 3 is 2.85 bits per heavy atom. The van der Waals surface area contributed by atoms with E-state index in [1.807, 2.05) is 27.8 Å². The fourth-order valence-corrected chi connectivity index (χ4v) is 4.08. The highest BCUT2D eigenvalue weighted by atomic mass is 35.5. The molecule has 1 aromatic carbocycles. The van der Waals surface area contributed by atoms with Crippen LogP contribution in [0.5, 0.6) is 0 Å². The van der Waals surface area contributed by atoms with Gasteiger partial charge in [0.05, 0.1) is 12.1 Å². The summed E-state index contributed by atoms with van der Waals surface area (Å²) in [6.45, 7) is 0.758. The smallest absolute Gasteiger partial charge is 0.272 e. The van der Waals surface area contributed by atoms with Gasteiger partial charge in [0.25, 0.3) is 5.56 Å². The molecule has 0 saturated heterocycles. The summed E-state index contributed by atoms with van der Waals surface area (Å²) in [5, 5.41) is 10.7. The van der Waals surface area contributed by atoms with Gasteiger partial charge in [0.1, 0.15) is 10.5 Å². The van der Waals surface area contributed by atoms with Crippen LogP contribution in [0.3, 0.4) is 0 Å². The standard InChI is InChI=1S/C17H15ClFN5OS/c1-22(8-10-11(18)4-3-5-12(10)19)9-14-20-21-17-23(2)16(25)15-13(24(14)17)6-7-26-15/h3-7H,8-9H2,1-2H3. The third kappa shape index (κ3) is 2.70. The first kappa shape index (κ1) is 17.1. The van der Waals surface area contributed by atoms with Gasteiger partial charge in [0.2, 0.25) is 5.78 Å². The molecule has 0 spiro atoms. The summed E-state index contributed by atoms with van der Waals surface area (Å²) in [5.41, 5.74) is 1.14. The lowest BCUT2D eigenvalue weighted by molar-refractivity contribution is 0.305. The van der Waals surface area contributed by atoms with Crippen molar-refractivity contribution in [3.8, 4) is 0 Å². The molecule has 9 heteroatoms. The molecule has 0 radical (unpaired) electrons. The third-order valence-corrected chi connectivity index (χ3v) is 5.54. The first-order valence-corrected chi connectivity index (χ1v) is 9.14. The van der Waals surface area contributed by atoms with Crippen molar-refractivity contribution in [1.82, 2.24) is 24.1 Å². The third-order valence-electron chi connectivity index (χ3n) is 4.30. The number of aryl methyl sites for hydroxylation is 1. The second kappa shape index (κ2) is 6.46. The predicted molar refractivity (Wildman–Crippen MR) is 100 cm³/mol. The molecule has 0 amide bonds. The van der Waals surface area contributed by atoms with Crippen molar-refractivity contribution in [3.63, 3.8) is 0 Å². The zero-order chi connectivity index (χ0) is 18.4. The van der Waals surface area contributed by atoms with Crippen LogP contribution in [-0.2, 0) is 20.1 Å². The molecule has 0 saturated carbocycles. The molecule has 0 unspecified atom stereocenters. The van der Waals surface area contributed by atoms with Crippen molar-refractivity contribution < 1.29 is 4.39 Å². The van der Waals surface area contributed by atoms with E-state index in [0.717, 1.165) is 5.52 Å². The van der Waals surface area contributed by atoms with Crippen LogP contribution in [0, 0.1) is 5.82 Å². The average molecular weight is 392 g/mol. The van der Waals surface area contributed by atoms with Gasteiger partial charge in [0, 0.05) is 24.2 Å². The summed E-state index contributed by atoms with van der Waals surface area (Å²) >= 11 is 7.51. The second-order valence-electron chi connectivity index (χ2n) is 6.12. The molecule has 3 aromatic heterocycles. The summed E-state index contributed by atoms with van der Waals surface area (Å²) in [4.78, 5) is 14.3. The molecule has 4 rings (SSSR count). The first-order chi connectivity index (χ1) is 12.5. The molecule has 134 valence electrons. The minimum Gasteiger partial charge on any atom is -0.295 e. The molecule has 0 fully saturated rings. The van der Waals surface area contributed by atoms with Crippen molar-refractivity contribution in [1.29, 1.82) is 0 Å². The lowest BCUT2D eigenvalue weighted by Gasteiger charge is -2.17. The molecule has 0 aliphatic rings. The first-order valence-electron chi connectivity index (χ1n) is 7.89. The van der Waals surface area contributed by atoms with Crippen molar-refractivity contribution in [3.05, 3.63) is 62.2 Å². The molecule has 0 bridgehead atoms. The van der Waals surface area contributed by atoms with E-state index in [1.54, 1.807) is 19.2 Å². The van der Waals surface area contributed by atoms with Crippen molar-refractivity contribution in [2.75, 3.05) is 7.05 Å². The molecular formula is C17H15ClFN5OS. The fraction of sp³-hybridized carbons (Fsp3) is 0.235. The summed E-state index contributed by atoms with van der Waals surface area (Å²) in [6, 6.07) is 6.53. The topological polar surface area (TPSA) is 55.4 Å². The fourth-order valence-electron chi connectivity index (χ4n) is 3.01. The quantitative estimate of drug-likeness (QED) is 0.536. The van der Waals surface area contributed by atoms with Gasteiger partial charge >= 0.3 is 0 Å². The van der Waals surface area contributed by atoms with Gasteiger partial charge in [-0.2, -0.15) is 0 Å². The van der Waals surface area contributed by atoms with E-state index in [9.17, 15) is 9.18 Å². The average Bonchev–Trinajstić information content (AvgIpc) is 3.23. The van der Waals surface area contributed by atoms with Gasteiger partial charge in [-0.25, -0.2) is 4.39 Å². The van der Waals surface area contributed by atoms with Gasteiger partial charge in [0.15, 0.2) is 5.82 Å². The van der Waals surface area contributed by atoms with Crippen LogP contribution < -0.4 is 5.56 Å². The Balaban J connectivity index is 1.73. The van der Waals surface area contributed by atoms with Crippen LogP contribution in [0.25, 0.3) is 16.0 Å². The second-order valence-corrected chi connectivity index (χ2v) is 7.45. The zero-order valence-electron chi connectivity index (χ0n) is 14.1. The summed E-state index contributed by atoms with van der Waals surface area (Å²) < 4.78 is 18.0. The number of hydrogen-bond donors (Lipinski definition) is 0. The molecule has 6 nitrogen and oxygen atoms in total. The van der Waals surface area contributed by atoms with E-state index < -0.39 is 0 Å². The Morgan fingerprint density at radius 1 is 1.27 bits per heavy atom. The number of benzene rings is 1. The van der Waals surface area contributed by atoms with Crippen LogP contribution in [0.2, 0.25) is 5.02 Å². The van der Waals surface area contributed by atoms with Crippen LogP contribution >= 0.6 is 22.9 Å². The molecule has 26 heavy (non-hydrogen) atoms. The van der Waals surface area contributed by atoms with Crippen LogP contribution in [0.1, 0.15) is 11.4 Å². The number of fused-ring (bicyclic) bond motifs is 3. The minimum atomic E-state index is -0.335. The van der Waals surface area contributed by atoms with Gasteiger partial charge in [-0.1, -0.05) is 17.7 Å².